The molecular weight excluding hydrogens is 316 g/mol. The lowest BCUT2D eigenvalue weighted by atomic mass is 10.2. The number of hydrogen-bond acceptors (Lipinski definition) is 4. The third-order valence-electron chi connectivity index (χ3n) is 4.25. The minimum Gasteiger partial charge on any atom is -0.495 e. The second-order valence-corrected chi connectivity index (χ2v) is 5.93. The standard InChI is InChI=1S/C19H32N4O2/c1-4-20-19(21-11-8-16-25-5-2)23-14-12-22(13-15-23)17-9-6-7-10-18(17)24-3/h6-7,9-10H,4-5,8,11-16H2,1-3H3,(H,20,21). The van der Waals surface area contributed by atoms with Crippen molar-refractivity contribution in [1.82, 2.24) is 10.2 Å². The quantitative estimate of drug-likeness (QED) is 0.443. The Hall–Kier alpha value is -1.95. The molecule has 0 amide bonds. The molecule has 0 spiro atoms. The number of hydrogen-bond donors (Lipinski definition) is 1. The van der Waals surface area contributed by atoms with Crippen molar-refractivity contribution in [2.24, 2.45) is 4.99 Å². The van der Waals surface area contributed by atoms with Gasteiger partial charge in [0.1, 0.15) is 5.75 Å². The molecule has 6 nitrogen and oxygen atoms in total. The molecule has 0 unspecified atom stereocenters. The summed E-state index contributed by atoms with van der Waals surface area (Å²) in [6, 6.07) is 8.22. The molecule has 0 saturated carbocycles. The zero-order chi connectivity index (χ0) is 17.9. The van der Waals surface area contributed by atoms with Crippen LogP contribution in [-0.4, -0.2) is 70.5 Å². The van der Waals surface area contributed by atoms with Crippen molar-refractivity contribution < 1.29 is 9.47 Å². The number of ether oxygens (including phenoxy) is 2. The van der Waals surface area contributed by atoms with Crippen LogP contribution in [0.25, 0.3) is 0 Å². The Kier molecular flexibility index (Phi) is 8.39. The molecule has 0 atom stereocenters. The van der Waals surface area contributed by atoms with Crippen molar-refractivity contribution in [2.75, 3.05) is 64.5 Å². The van der Waals surface area contributed by atoms with Gasteiger partial charge in [0.2, 0.25) is 0 Å². The Morgan fingerprint density at radius 3 is 2.60 bits per heavy atom. The SMILES string of the molecule is CCNC(=NCCCOCC)N1CCN(c2ccccc2OC)CC1. The molecule has 1 fully saturated rings. The van der Waals surface area contributed by atoms with Gasteiger partial charge in [0, 0.05) is 52.5 Å². The summed E-state index contributed by atoms with van der Waals surface area (Å²) in [4.78, 5) is 9.47. The van der Waals surface area contributed by atoms with Crippen molar-refractivity contribution in [3.05, 3.63) is 24.3 Å². The van der Waals surface area contributed by atoms with Gasteiger partial charge in [0.15, 0.2) is 5.96 Å². The number of rotatable bonds is 8. The summed E-state index contributed by atoms with van der Waals surface area (Å²) in [5.41, 5.74) is 1.17. The maximum absolute atomic E-state index is 5.49. The maximum Gasteiger partial charge on any atom is 0.194 e. The molecule has 0 aliphatic carbocycles. The van der Waals surface area contributed by atoms with Crippen LogP contribution in [0, 0.1) is 0 Å². The number of nitrogens with zero attached hydrogens (tertiary/aromatic N) is 3. The summed E-state index contributed by atoms with van der Waals surface area (Å²) >= 11 is 0. The van der Waals surface area contributed by atoms with E-state index in [0.29, 0.717) is 0 Å². The molecule has 1 aliphatic rings. The highest BCUT2D eigenvalue weighted by Crippen LogP contribution is 2.28. The first kappa shape index (κ1) is 19.4. The highest BCUT2D eigenvalue weighted by Gasteiger charge is 2.21. The first-order valence-corrected chi connectivity index (χ1v) is 9.29. The fourth-order valence-corrected chi connectivity index (χ4v) is 2.97. The molecule has 1 aliphatic heterocycles. The lowest BCUT2D eigenvalue weighted by Crippen LogP contribution is -2.52. The van der Waals surface area contributed by atoms with Crippen LogP contribution in [0.15, 0.2) is 29.3 Å². The predicted molar refractivity (Wildman–Crippen MR) is 104 cm³/mol. The Morgan fingerprint density at radius 1 is 1.16 bits per heavy atom. The number of methoxy groups -OCH3 is 1. The van der Waals surface area contributed by atoms with E-state index in [1.165, 1.54) is 5.69 Å². The molecule has 0 radical (unpaired) electrons. The topological polar surface area (TPSA) is 49.3 Å². The number of anilines is 1. The van der Waals surface area contributed by atoms with Crippen LogP contribution in [0.4, 0.5) is 5.69 Å². The van der Waals surface area contributed by atoms with Crippen LogP contribution in [0.5, 0.6) is 5.75 Å². The van der Waals surface area contributed by atoms with Gasteiger partial charge in [-0.15, -0.1) is 0 Å². The molecule has 2 rings (SSSR count). The van der Waals surface area contributed by atoms with E-state index in [9.17, 15) is 0 Å². The molecule has 1 N–H and O–H groups in total. The zero-order valence-electron chi connectivity index (χ0n) is 15.8. The highest BCUT2D eigenvalue weighted by atomic mass is 16.5. The number of para-hydroxylation sites is 2. The molecule has 25 heavy (non-hydrogen) atoms. The minimum absolute atomic E-state index is 0.773. The first-order valence-electron chi connectivity index (χ1n) is 9.29. The van der Waals surface area contributed by atoms with Gasteiger partial charge in [-0.25, -0.2) is 0 Å². The van der Waals surface area contributed by atoms with E-state index >= 15 is 0 Å². The number of piperazine rings is 1. The molecule has 1 heterocycles. The summed E-state index contributed by atoms with van der Waals surface area (Å²) in [5.74, 6) is 1.95. The van der Waals surface area contributed by atoms with Gasteiger partial charge in [0.25, 0.3) is 0 Å². The van der Waals surface area contributed by atoms with Gasteiger partial charge in [-0.3, -0.25) is 4.99 Å². The summed E-state index contributed by atoms with van der Waals surface area (Å²) < 4.78 is 10.9. The maximum atomic E-state index is 5.49. The third kappa shape index (κ3) is 5.81. The van der Waals surface area contributed by atoms with Crippen molar-refractivity contribution in [3.63, 3.8) is 0 Å². The van der Waals surface area contributed by atoms with E-state index in [4.69, 9.17) is 14.5 Å². The molecule has 0 aromatic heterocycles. The Balaban J connectivity index is 1.90. The second kappa shape index (κ2) is 10.8. The number of aliphatic imine (C=N–C) groups is 1. The lowest BCUT2D eigenvalue weighted by Gasteiger charge is -2.38. The van der Waals surface area contributed by atoms with Crippen molar-refractivity contribution in [1.29, 1.82) is 0 Å². The number of nitrogens with one attached hydrogen (secondary N) is 1. The van der Waals surface area contributed by atoms with Gasteiger partial charge in [0.05, 0.1) is 12.8 Å². The van der Waals surface area contributed by atoms with Gasteiger partial charge in [-0.1, -0.05) is 12.1 Å². The van der Waals surface area contributed by atoms with E-state index in [-0.39, 0.29) is 0 Å². The molecule has 1 aromatic carbocycles. The summed E-state index contributed by atoms with van der Waals surface area (Å²) in [5, 5.41) is 3.41. The number of guanidine groups is 1. The molecular formula is C19H32N4O2. The Labute approximate surface area is 151 Å². The van der Waals surface area contributed by atoms with Crippen molar-refractivity contribution >= 4 is 11.6 Å². The zero-order valence-corrected chi connectivity index (χ0v) is 15.8. The monoisotopic (exact) mass is 348 g/mol. The lowest BCUT2D eigenvalue weighted by molar-refractivity contribution is 0.146. The average Bonchev–Trinajstić information content (AvgIpc) is 2.67. The molecule has 1 saturated heterocycles. The second-order valence-electron chi connectivity index (χ2n) is 5.93. The fraction of sp³-hybridized carbons (Fsp3) is 0.632. The van der Waals surface area contributed by atoms with Crippen LogP contribution >= 0.6 is 0 Å². The van der Waals surface area contributed by atoms with E-state index in [2.05, 4.69) is 34.2 Å². The average molecular weight is 348 g/mol. The van der Waals surface area contributed by atoms with Gasteiger partial charge in [-0.2, -0.15) is 0 Å². The largest absolute Gasteiger partial charge is 0.495 e. The van der Waals surface area contributed by atoms with Gasteiger partial charge >= 0.3 is 0 Å². The van der Waals surface area contributed by atoms with Crippen LogP contribution < -0.4 is 15.0 Å². The van der Waals surface area contributed by atoms with Gasteiger partial charge < -0.3 is 24.6 Å². The molecule has 1 aromatic rings. The summed E-state index contributed by atoms with van der Waals surface area (Å²) in [6.07, 6.45) is 0.962. The highest BCUT2D eigenvalue weighted by molar-refractivity contribution is 5.80. The minimum atomic E-state index is 0.773. The van der Waals surface area contributed by atoms with Crippen LogP contribution in [-0.2, 0) is 4.74 Å². The van der Waals surface area contributed by atoms with E-state index in [1.807, 2.05) is 19.1 Å². The van der Waals surface area contributed by atoms with E-state index in [1.54, 1.807) is 7.11 Å². The summed E-state index contributed by atoms with van der Waals surface area (Å²) in [6.45, 7) is 11.2. The Bertz CT molecular complexity index is 528. The Morgan fingerprint density at radius 2 is 1.92 bits per heavy atom. The van der Waals surface area contributed by atoms with Crippen molar-refractivity contribution in [2.45, 2.75) is 20.3 Å². The van der Waals surface area contributed by atoms with Crippen LogP contribution in [0.3, 0.4) is 0 Å². The van der Waals surface area contributed by atoms with E-state index in [0.717, 1.165) is 70.6 Å². The molecule has 140 valence electrons. The predicted octanol–water partition coefficient (Wildman–Crippen LogP) is 2.21. The summed E-state index contributed by atoms with van der Waals surface area (Å²) in [7, 11) is 1.73. The molecule has 6 heteroatoms. The number of benzene rings is 1. The fourth-order valence-electron chi connectivity index (χ4n) is 2.97. The van der Waals surface area contributed by atoms with Crippen molar-refractivity contribution in [3.8, 4) is 5.75 Å². The smallest absolute Gasteiger partial charge is 0.194 e. The van der Waals surface area contributed by atoms with E-state index < -0.39 is 0 Å². The normalized spacial score (nSPS) is 15.4. The molecule has 0 bridgehead atoms. The first-order chi connectivity index (χ1) is 12.3. The third-order valence-corrected chi connectivity index (χ3v) is 4.25. The van der Waals surface area contributed by atoms with Gasteiger partial charge in [-0.05, 0) is 32.4 Å². The van der Waals surface area contributed by atoms with Crippen LogP contribution in [0.2, 0.25) is 0 Å². The van der Waals surface area contributed by atoms with Crippen LogP contribution in [0.1, 0.15) is 20.3 Å².